The lowest BCUT2D eigenvalue weighted by Gasteiger charge is -2.23. The van der Waals surface area contributed by atoms with Crippen LogP contribution in [0.3, 0.4) is 0 Å². The molecule has 0 bridgehead atoms. The number of ether oxygens (including phenoxy) is 3. The van der Waals surface area contributed by atoms with E-state index < -0.39 is 12.0 Å². The number of nitrogens with one attached hydrogen (secondary N) is 1. The predicted molar refractivity (Wildman–Crippen MR) is 129 cm³/mol. The summed E-state index contributed by atoms with van der Waals surface area (Å²) in [6.45, 7) is 9.20. The molecule has 3 rings (SSSR count). The van der Waals surface area contributed by atoms with Crippen LogP contribution in [0.4, 0.5) is 0 Å². The van der Waals surface area contributed by atoms with Gasteiger partial charge in [-0.1, -0.05) is 50.1 Å². The Morgan fingerprint density at radius 2 is 1.91 bits per heavy atom. The fraction of sp³-hybridized carbons (Fsp3) is 0.458. The Bertz CT molecular complexity index is 976. The highest BCUT2D eigenvalue weighted by molar-refractivity contribution is 7.99. The van der Waals surface area contributed by atoms with Crippen LogP contribution < -0.4 is 19.5 Å². The molecule has 0 saturated carbocycles. The Morgan fingerprint density at radius 1 is 1.19 bits per heavy atom. The minimum absolute atomic E-state index is 0.0312. The lowest BCUT2D eigenvalue weighted by molar-refractivity contribution is -0.138. The van der Waals surface area contributed by atoms with Gasteiger partial charge < -0.3 is 19.3 Å². The molecule has 1 aliphatic rings. The molecular weight excluding hydrogens is 450 g/mol. The number of methoxy groups -OCH3 is 1. The molecule has 2 unspecified atom stereocenters. The number of benzene rings is 2. The average Bonchev–Trinajstić information content (AvgIpc) is 3.22. The highest BCUT2D eigenvalue weighted by Gasteiger charge is 2.31. The SMILES string of the molecule is COc1cc(C2NC(C(=O)O)CS2)cc(Cl)c1OCCOc1ccc(C)cc1C(C)(C)C. The monoisotopic (exact) mass is 479 g/mol. The van der Waals surface area contributed by atoms with Crippen LogP contribution >= 0.6 is 23.4 Å². The third-order valence-electron chi connectivity index (χ3n) is 5.17. The number of hydrogen-bond acceptors (Lipinski definition) is 6. The molecule has 174 valence electrons. The van der Waals surface area contributed by atoms with Crippen molar-refractivity contribution in [3.8, 4) is 17.2 Å². The van der Waals surface area contributed by atoms with E-state index >= 15 is 0 Å². The zero-order valence-electron chi connectivity index (χ0n) is 19.0. The summed E-state index contributed by atoms with van der Waals surface area (Å²) in [5, 5.41) is 12.5. The number of halogens is 1. The summed E-state index contributed by atoms with van der Waals surface area (Å²) in [6, 6.07) is 9.21. The molecule has 0 aromatic heterocycles. The van der Waals surface area contributed by atoms with Gasteiger partial charge in [-0.05, 0) is 41.7 Å². The van der Waals surface area contributed by atoms with Gasteiger partial charge in [-0.15, -0.1) is 11.8 Å². The number of carboxylic acid groups (broad SMARTS) is 1. The van der Waals surface area contributed by atoms with E-state index in [1.165, 1.54) is 17.3 Å². The summed E-state index contributed by atoms with van der Waals surface area (Å²) in [5.74, 6) is 1.42. The van der Waals surface area contributed by atoms with Crippen molar-refractivity contribution in [1.82, 2.24) is 5.32 Å². The first-order chi connectivity index (χ1) is 15.1. The van der Waals surface area contributed by atoms with Crippen molar-refractivity contribution in [1.29, 1.82) is 0 Å². The molecular formula is C24H30ClNO5S. The molecule has 1 heterocycles. The topological polar surface area (TPSA) is 77.0 Å². The highest BCUT2D eigenvalue weighted by atomic mass is 35.5. The minimum Gasteiger partial charge on any atom is -0.493 e. The maximum absolute atomic E-state index is 11.2. The Labute approximate surface area is 198 Å². The molecule has 2 N–H and O–H groups in total. The summed E-state index contributed by atoms with van der Waals surface area (Å²) in [4.78, 5) is 11.2. The van der Waals surface area contributed by atoms with Gasteiger partial charge in [-0.3, -0.25) is 10.1 Å². The summed E-state index contributed by atoms with van der Waals surface area (Å²) in [7, 11) is 1.55. The Balaban J connectivity index is 1.66. The fourth-order valence-corrected chi connectivity index (χ4v) is 4.98. The Morgan fingerprint density at radius 3 is 2.53 bits per heavy atom. The van der Waals surface area contributed by atoms with Crippen LogP contribution in [-0.2, 0) is 10.2 Å². The van der Waals surface area contributed by atoms with Crippen LogP contribution in [-0.4, -0.2) is 43.2 Å². The van der Waals surface area contributed by atoms with E-state index in [0.29, 0.717) is 35.5 Å². The first kappa shape index (κ1) is 24.6. The smallest absolute Gasteiger partial charge is 0.321 e. The van der Waals surface area contributed by atoms with Crippen molar-refractivity contribution in [2.75, 3.05) is 26.1 Å². The maximum Gasteiger partial charge on any atom is 0.321 e. The van der Waals surface area contributed by atoms with E-state index in [9.17, 15) is 9.90 Å². The summed E-state index contributed by atoms with van der Waals surface area (Å²) < 4.78 is 17.4. The van der Waals surface area contributed by atoms with Crippen LogP contribution in [0.5, 0.6) is 17.2 Å². The second-order valence-corrected chi connectivity index (χ2v) is 10.3. The summed E-state index contributed by atoms with van der Waals surface area (Å²) >= 11 is 8.01. The van der Waals surface area contributed by atoms with Crippen molar-refractivity contribution in [2.45, 2.75) is 44.5 Å². The van der Waals surface area contributed by atoms with Crippen LogP contribution in [0.15, 0.2) is 30.3 Å². The molecule has 1 fully saturated rings. The van der Waals surface area contributed by atoms with Crippen molar-refractivity contribution in [3.63, 3.8) is 0 Å². The maximum atomic E-state index is 11.2. The van der Waals surface area contributed by atoms with E-state index in [1.807, 2.05) is 18.2 Å². The molecule has 1 saturated heterocycles. The van der Waals surface area contributed by atoms with Gasteiger partial charge in [0.05, 0.1) is 17.5 Å². The number of hydrogen-bond donors (Lipinski definition) is 2. The van der Waals surface area contributed by atoms with Gasteiger partial charge >= 0.3 is 5.97 Å². The third-order valence-corrected chi connectivity index (χ3v) is 6.71. The minimum atomic E-state index is -0.860. The Hall–Kier alpha value is -2.09. The summed E-state index contributed by atoms with van der Waals surface area (Å²) in [6.07, 6.45) is 0. The normalized spacial score (nSPS) is 18.4. The molecule has 0 amide bonds. The number of thioether (sulfide) groups is 1. The van der Waals surface area contributed by atoms with Gasteiger partial charge in [0.15, 0.2) is 11.5 Å². The van der Waals surface area contributed by atoms with Crippen molar-refractivity contribution in [2.24, 2.45) is 0 Å². The first-order valence-electron chi connectivity index (χ1n) is 10.4. The van der Waals surface area contributed by atoms with Crippen molar-refractivity contribution in [3.05, 3.63) is 52.0 Å². The number of aryl methyl sites for hydroxylation is 1. The van der Waals surface area contributed by atoms with E-state index in [0.717, 1.165) is 16.9 Å². The molecule has 32 heavy (non-hydrogen) atoms. The standard InChI is InChI=1S/C24H30ClNO5S/c1-14-6-7-19(16(10-14)24(2,3)4)30-8-9-31-21-17(25)11-15(12-20(21)29-5)22-26-18(13-32-22)23(27)28/h6-7,10-12,18,22,26H,8-9,13H2,1-5H3,(H,27,28). The van der Waals surface area contributed by atoms with Crippen LogP contribution in [0, 0.1) is 6.92 Å². The lowest BCUT2D eigenvalue weighted by atomic mass is 9.85. The van der Waals surface area contributed by atoms with Gasteiger partial charge in [0.25, 0.3) is 0 Å². The quantitative estimate of drug-likeness (QED) is 0.504. The van der Waals surface area contributed by atoms with Crippen molar-refractivity contribution < 1.29 is 24.1 Å². The van der Waals surface area contributed by atoms with E-state index in [4.69, 9.17) is 25.8 Å². The average molecular weight is 480 g/mol. The van der Waals surface area contributed by atoms with Crippen LogP contribution in [0.2, 0.25) is 5.02 Å². The number of aliphatic carboxylic acids is 1. The second kappa shape index (κ2) is 10.2. The number of carboxylic acids is 1. The zero-order valence-corrected chi connectivity index (χ0v) is 20.6. The fourth-order valence-electron chi connectivity index (χ4n) is 3.49. The highest BCUT2D eigenvalue weighted by Crippen LogP contribution is 2.42. The van der Waals surface area contributed by atoms with Gasteiger partial charge in [0, 0.05) is 5.75 Å². The van der Waals surface area contributed by atoms with E-state index in [-0.39, 0.29) is 10.8 Å². The number of rotatable bonds is 8. The molecule has 8 heteroatoms. The lowest BCUT2D eigenvalue weighted by Crippen LogP contribution is -2.33. The van der Waals surface area contributed by atoms with E-state index in [2.05, 4.69) is 39.1 Å². The molecule has 0 aliphatic carbocycles. The second-order valence-electron chi connectivity index (χ2n) is 8.75. The zero-order chi connectivity index (χ0) is 23.5. The van der Waals surface area contributed by atoms with Gasteiger partial charge in [-0.2, -0.15) is 0 Å². The third kappa shape index (κ3) is 5.82. The van der Waals surface area contributed by atoms with Gasteiger partial charge in [0.2, 0.25) is 0 Å². The molecule has 2 aromatic rings. The van der Waals surface area contributed by atoms with Crippen molar-refractivity contribution >= 4 is 29.3 Å². The molecule has 0 radical (unpaired) electrons. The van der Waals surface area contributed by atoms with Gasteiger partial charge in [0.1, 0.15) is 25.0 Å². The molecule has 2 atom stereocenters. The predicted octanol–water partition coefficient (Wildman–Crippen LogP) is 5.20. The largest absolute Gasteiger partial charge is 0.493 e. The summed E-state index contributed by atoms with van der Waals surface area (Å²) in [5.41, 5.74) is 3.16. The Kier molecular flexibility index (Phi) is 7.85. The molecule has 1 aliphatic heterocycles. The molecule has 6 nitrogen and oxygen atoms in total. The molecule has 0 spiro atoms. The van der Waals surface area contributed by atoms with Crippen LogP contribution in [0.25, 0.3) is 0 Å². The first-order valence-corrected chi connectivity index (χ1v) is 11.9. The van der Waals surface area contributed by atoms with Gasteiger partial charge in [-0.25, -0.2) is 0 Å². The molecule has 2 aromatic carbocycles. The van der Waals surface area contributed by atoms with Crippen LogP contribution in [0.1, 0.15) is 42.8 Å². The van der Waals surface area contributed by atoms with E-state index in [1.54, 1.807) is 13.2 Å². The number of carbonyl (C=O) groups is 1.